The quantitative estimate of drug-likeness (QED) is 0.858. The van der Waals surface area contributed by atoms with E-state index in [1.807, 2.05) is 12.1 Å². The molecule has 18 heavy (non-hydrogen) atoms. The van der Waals surface area contributed by atoms with Crippen molar-refractivity contribution in [3.8, 4) is 0 Å². The van der Waals surface area contributed by atoms with Gasteiger partial charge in [0.25, 0.3) is 0 Å². The zero-order chi connectivity index (χ0) is 13.2. The average molecular weight is 289 g/mol. The molecule has 0 radical (unpaired) electrons. The summed E-state index contributed by atoms with van der Waals surface area (Å²) in [6.45, 7) is 4.65. The summed E-state index contributed by atoms with van der Waals surface area (Å²) >= 11 is 1.77. The molecule has 1 unspecified atom stereocenters. The lowest BCUT2D eigenvalue weighted by Crippen LogP contribution is -2.37. The summed E-state index contributed by atoms with van der Waals surface area (Å²) in [5.74, 6) is 1.76. The van der Waals surface area contributed by atoms with E-state index in [1.54, 1.807) is 36.2 Å². The third-order valence-corrected chi connectivity index (χ3v) is 6.68. The van der Waals surface area contributed by atoms with Crippen molar-refractivity contribution < 1.29 is 12.8 Å². The van der Waals surface area contributed by atoms with Crippen LogP contribution in [0.5, 0.6) is 0 Å². The fraction of sp³-hybridized carbons (Fsp3) is 0.667. The zero-order valence-electron chi connectivity index (χ0n) is 10.7. The van der Waals surface area contributed by atoms with E-state index in [0.29, 0.717) is 13.1 Å². The van der Waals surface area contributed by atoms with Crippen molar-refractivity contribution >= 4 is 21.8 Å². The average Bonchev–Trinajstić information content (AvgIpc) is 2.73. The number of hydrogen-bond acceptors (Lipinski definition) is 4. The van der Waals surface area contributed by atoms with Crippen molar-refractivity contribution in [2.45, 2.75) is 30.8 Å². The molecule has 1 fully saturated rings. The Morgan fingerprint density at radius 2 is 2.22 bits per heavy atom. The van der Waals surface area contributed by atoms with Crippen LogP contribution in [0.3, 0.4) is 0 Å². The summed E-state index contributed by atoms with van der Waals surface area (Å²) in [7, 11) is -3.13. The Balaban J connectivity index is 2.05. The Kier molecular flexibility index (Phi) is 4.40. The molecular formula is C12H19NO3S2. The van der Waals surface area contributed by atoms with E-state index in [1.165, 1.54) is 0 Å². The lowest BCUT2D eigenvalue weighted by Gasteiger charge is -2.22. The standard InChI is InChI=1S/C12H19NO3S2/c1-10(2)18(14,15)13-6-5-12(17-9-7-13)11-4-3-8-16-11/h3-4,8,10,12H,5-7,9H2,1-2H3. The first-order valence-corrected chi connectivity index (χ1v) is 8.71. The van der Waals surface area contributed by atoms with Gasteiger partial charge in [0.2, 0.25) is 10.0 Å². The van der Waals surface area contributed by atoms with Gasteiger partial charge >= 0.3 is 0 Å². The van der Waals surface area contributed by atoms with Gasteiger partial charge in [-0.15, -0.1) is 11.8 Å². The van der Waals surface area contributed by atoms with E-state index in [4.69, 9.17) is 4.42 Å². The third-order valence-electron chi connectivity index (χ3n) is 3.12. The van der Waals surface area contributed by atoms with Gasteiger partial charge in [-0.25, -0.2) is 12.7 Å². The van der Waals surface area contributed by atoms with Gasteiger partial charge in [-0.2, -0.15) is 0 Å². The first-order chi connectivity index (χ1) is 8.51. The van der Waals surface area contributed by atoms with E-state index in [9.17, 15) is 8.42 Å². The van der Waals surface area contributed by atoms with E-state index in [2.05, 4.69) is 0 Å². The highest BCUT2D eigenvalue weighted by Crippen LogP contribution is 2.35. The molecule has 0 aromatic carbocycles. The summed E-state index contributed by atoms with van der Waals surface area (Å²) < 4.78 is 31.3. The summed E-state index contributed by atoms with van der Waals surface area (Å²) in [6.07, 6.45) is 2.48. The van der Waals surface area contributed by atoms with E-state index >= 15 is 0 Å². The molecule has 2 rings (SSSR count). The van der Waals surface area contributed by atoms with Crippen LogP contribution in [-0.2, 0) is 10.0 Å². The van der Waals surface area contributed by atoms with E-state index < -0.39 is 10.0 Å². The molecule has 1 saturated heterocycles. The van der Waals surface area contributed by atoms with Gasteiger partial charge in [0.15, 0.2) is 0 Å². The lowest BCUT2D eigenvalue weighted by molar-refractivity contribution is 0.413. The number of nitrogens with zero attached hydrogens (tertiary/aromatic N) is 1. The molecule has 0 bridgehead atoms. The second-order valence-corrected chi connectivity index (χ2v) is 8.46. The predicted octanol–water partition coefficient (Wildman–Crippen LogP) is 2.50. The second-order valence-electron chi connectivity index (χ2n) is 4.66. The van der Waals surface area contributed by atoms with Crippen molar-refractivity contribution in [1.82, 2.24) is 4.31 Å². The maximum absolute atomic E-state index is 12.1. The van der Waals surface area contributed by atoms with Crippen LogP contribution in [0.1, 0.15) is 31.3 Å². The van der Waals surface area contributed by atoms with E-state index in [0.717, 1.165) is 17.9 Å². The molecule has 1 atom stereocenters. The van der Waals surface area contributed by atoms with Crippen LogP contribution in [0.4, 0.5) is 0 Å². The van der Waals surface area contributed by atoms with Crippen LogP contribution in [0.15, 0.2) is 22.8 Å². The summed E-state index contributed by atoms with van der Waals surface area (Å²) in [6, 6.07) is 3.84. The molecule has 0 amide bonds. The fourth-order valence-corrected chi connectivity index (χ4v) is 4.60. The Labute approximate surface area is 113 Å². The number of sulfonamides is 1. The number of furan rings is 1. The normalized spacial score (nSPS) is 23.2. The van der Waals surface area contributed by atoms with Gasteiger partial charge in [-0.05, 0) is 32.4 Å². The minimum absolute atomic E-state index is 0.271. The molecule has 102 valence electrons. The first kappa shape index (κ1) is 14.0. The molecule has 1 aromatic heterocycles. The highest BCUT2D eigenvalue weighted by atomic mass is 32.2. The Morgan fingerprint density at radius 1 is 1.44 bits per heavy atom. The fourth-order valence-electron chi connectivity index (χ4n) is 2.00. The van der Waals surface area contributed by atoms with E-state index in [-0.39, 0.29) is 10.5 Å². The zero-order valence-corrected chi connectivity index (χ0v) is 12.3. The van der Waals surface area contributed by atoms with Crippen molar-refractivity contribution in [2.24, 2.45) is 0 Å². The van der Waals surface area contributed by atoms with Crippen LogP contribution in [-0.4, -0.2) is 36.8 Å². The van der Waals surface area contributed by atoms with Gasteiger partial charge in [-0.1, -0.05) is 0 Å². The molecule has 0 aliphatic carbocycles. The molecule has 0 spiro atoms. The lowest BCUT2D eigenvalue weighted by atomic mass is 10.2. The number of rotatable bonds is 3. The topological polar surface area (TPSA) is 50.5 Å². The van der Waals surface area contributed by atoms with Crippen molar-refractivity contribution in [2.75, 3.05) is 18.8 Å². The van der Waals surface area contributed by atoms with Crippen molar-refractivity contribution in [1.29, 1.82) is 0 Å². The molecule has 2 heterocycles. The molecule has 0 N–H and O–H groups in total. The summed E-state index contributed by atoms with van der Waals surface area (Å²) in [5.41, 5.74) is 0. The van der Waals surface area contributed by atoms with Gasteiger partial charge < -0.3 is 4.42 Å². The van der Waals surface area contributed by atoms with Crippen LogP contribution in [0.2, 0.25) is 0 Å². The molecule has 0 saturated carbocycles. The monoisotopic (exact) mass is 289 g/mol. The van der Waals surface area contributed by atoms with Crippen molar-refractivity contribution in [3.63, 3.8) is 0 Å². The van der Waals surface area contributed by atoms with Gasteiger partial charge in [0.1, 0.15) is 5.76 Å². The highest BCUT2D eigenvalue weighted by Gasteiger charge is 2.29. The highest BCUT2D eigenvalue weighted by molar-refractivity contribution is 7.99. The number of thioether (sulfide) groups is 1. The summed E-state index contributed by atoms with van der Waals surface area (Å²) in [4.78, 5) is 0. The van der Waals surface area contributed by atoms with Gasteiger partial charge in [0.05, 0.1) is 16.8 Å². The van der Waals surface area contributed by atoms with Crippen molar-refractivity contribution in [3.05, 3.63) is 24.2 Å². The molecule has 4 nitrogen and oxygen atoms in total. The first-order valence-electron chi connectivity index (χ1n) is 6.16. The Hall–Kier alpha value is -0.460. The van der Waals surface area contributed by atoms with Crippen LogP contribution < -0.4 is 0 Å². The SMILES string of the molecule is CC(C)S(=O)(=O)N1CCSC(c2ccco2)CC1. The molecule has 1 aliphatic rings. The maximum atomic E-state index is 12.1. The molecule has 6 heteroatoms. The molecule has 1 aliphatic heterocycles. The Bertz CT molecular complexity index is 468. The third kappa shape index (κ3) is 2.92. The minimum atomic E-state index is -3.13. The minimum Gasteiger partial charge on any atom is -0.468 e. The van der Waals surface area contributed by atoms with Gasteiger partial charge in [0, 0.05) is 18.8 Å². The maximum Gasteiger partial charge on any atom is 0.216 e. The smallest absolute Gasteiger partial charge is 0.216 e. The van der Waals surface area contributed by atoms with Crippen LogP contribution >= 0.6 is 11.8 Å². The molecular weight excluding hydrogens is 270 g/mol. The summed E-state index contributed by atoms with van der Waals surface area (Å²) in [5, 5.41) is -0.0741. The largest absolute Gasteiger partial charge is 0.468 e. The Morgan fingerprint density at radius 3 is 2.83 bits per heavy atom. The van der Waals surface area contributed by atoms with Crippen LogP contribution in [0, 0.1) is 0 Å². The number of hydrogen-bond donors (Lipinski definition) is 0. The van der Waals surface area contributed by atoms with Crippen LogP contribution in [0.25, 0.3) is 0 Å². The predicted molar refractivity (Wildman–Crippen MR) is 74.2 cm³/mol. The molecule has 1 aromatic rings. The van der Waals surface area contributed by atoms with Gasteiger partial charge in [-0.3, -0.25) is 0 Å². The second kappa shape index (κ2) is 5.67.